The van der Waals surface area contributed by atoms with Gasteiger partial charge >= 0.3 is 0 Å². The molecular formula is C12H18N2S. The number of hydrazine groups is 1. The van der Waals surface area contributed by atoms with E-state index < -0.39 is 0 Å². The summed E-state index contributed by atoms with van der Waals surface area (Å²) in [5.74, 6) is 0. The van der Waals surface area contributed by atoms with Crippen LogP contribution in [-0.4, -0.2) is 0 Å². The first-order chi connectivity index (χ1) is 7.40. The van der Waals surface area contributed by atoms with Crippen LogP contribution in [0.25, 0.3) is 5.70 Å². The molecule has 2 nitrogen and oxygen atoms in total. The van der Waals surface area contributed by atoms with Crippen molar-refractivity contribution in [2.45, 2.75) is 27.2 Å². The normalized spacial score (nSPS) is 13.7. The van der Waals surface area contributed by atoms with Crippen LogP contribution in [0.5, 0.6) is 0 Å². The van der Waals surface area contributed by atoms with Crippen molar-refractivity contribution in [1.82, 2.24) is 10.3 Å². The summed E-state index contributed by atoms with van der Waals surface area (Å²) in [4.78, 5) is 2.97. The van der Waals surface area contributed by atoms with E-state index in [0.29, 0.717) is 0 Å². The van der Waals surface area contributed by atoms with Crippen LogP contribution in [0.2, 0.25) is 0 Å². The lowest BCUT2D eigenvalue weighted by Gasteiger charge is -2.03. The minimum absolute atomic E-state index is 1.10. The van der Waals surface area contributed by atoms with E-state index in [1.54, 1.807) is 11.9 Å². The zero-order valence-electron chi connectivity index (χ0n) is 9.50. The molecule has 0 unspecified atom stereocenters. The van der Waals surface area contributed by atoms with Gasteiger partial charge in [0, 0.05) is 5.41 Å². The largest absolute Gasteiger partial charge is 0.310 e. The second kappa shape index (κ2) is 6.53. The standard InChI is InChI=1S/C10H12N2S.C2H6/c1-2-8-3-5-9(6-4-8)10-7-13-12-11-10;1-2/h3-7,11-12H,2H2,1H3;1-2H3. The summed E-state index contributed by atoms with van der Waals surface area (Å²) < 4.78 is 0. The van der Waals surface area contributed by atoms with Crippen LogP contribution in [0.3, 0.4) is 0 Å². The molecule has 0 spiro atoms. The van der Waals surface area contributed by atoms with Gasteiger partial charge in [0.1, 0.15) is 0 Å². The van der Waals surface area contributed by atoms with E-state index in [0.717, 1.165) is 12.1 Å². The third-order valence-electron chi connectivity index (χ3n) is 2.09. The lowest BCUT2D eigenvalue weighted by molar-refractivity contribution is 0.916. The lowest BCUT2D eigenvalue weighted by Crippen LogP contribution is -2.17. The van der Waals surface area contributed by atoms with Crippen LogP contribution >= 0.6 is 11.9 Å². The summed E-state index contributed by atoms with van der Waals surface area (Å²) in [5, 5.41) is 2.07. The molecule has 82 valence electrons. The van der Waals surface area contributed by atoms with Crippen LogP contribution in [0, 0.1) is 0 Å². The Morgan fingerprint density at radius 1 is 1.13 bits per heavy atom. The molecule has 0 atom stereocenters. The van der Waals surface area contributed by atoms with Gasteiger partial charge < -0.3 is 5.43 Å². The van der Waals surface area contributed by atoms with Crippen LogP contribution in [-0.2, 0) is 6.42 Å². The third kappa shape index (κ3) is 3.29. The SMILES string of the molecule is CC.CCc1ccc(C2=CSNN2)cc1. The Bertz CT molecular complexity index is 317. The van der Waals surface area contributed by atoms with Crippen molar-refractivity contribution in [1.29, 1.82) is 0 Å². The molecular weight excluding hydrogens is 204 g/mol. The number of aryl methyl sites for hydroxylation is 1. The topological polar surface area (TPSA) is 24.1 Å². The number of benzene rings is 1. The minimum Gasteiger partial charge on any atom is -0.310 e. The first-order valence-corrected chi connectivity index (χ1v) is 6.24. The fourth-order valence-corrected chi connectivity index (χ4v) is 1.80. The Morgan fingerprint density at radius 3 is 2.27 bits per heavy atom. The zero-order chi connectivity index (χ0) is 11.1. The smallest absolute Gasteiger partial charge is 0.0645 e. The van der Waals surface area contributed by atoms with Crippen molar-refractivity contribution >= 4 is 17.6 Å². The van der Waals surface area contributed by atoms with Crippen molar-refractivity contribution in [3.8, 4) is 0 Å². The maximum atomic E-state index is 3.08. The highest BCUT2D eigenvalue weighted by molar-refractivity contribution is 8.00. The summed E-state index contributed by atoms with van der Waals surface area (Å²) in [6, 6.07) is 8.62. The molecule has 15 heavy (non-hydrogen) atoms. The fourth-order valence-electron chi connectivity index (χ4n) is 1.26. The van der Waals surface area contributed by atoms with Crippen molar-refractivity contribution in [2.75, 3.05) is 0 Å². The summed E-state index contributed by atoms with van der Waals surface area (Å²) in [6.07, 6.45) is 1.10. The van der Waals surface area contributed by atoms with Gasteiger partial charge in [-0.1, -0.05) is 45.0 Å². The highest BCUT2D eigenvalue weighted by Crippen LogP contribution is 2.19. The van der Waals surface area contributed by atoms with Crippen LogP contribution in [0.15, 0.2) is 29.7 Å². The minimum atomic E-state index is 1.10. The van der Waals surface area contributed by atoms with E-state index in [-0.39, 0.29) is 0 Å². The van der Waals surface area contributed by atoms with Gasteiger partial charge in [-0.2, -0.15) is 4.83 Å². The van der Waals surface area contributed by atoms with E-state index in [1.165, 1.54) is 11.1 Å². The molecule has 0 fully saturated rings. The van der Waals surface area contributed by atoms with Gasteiger partial charge in [-0.25, -0.2) is 0 Å². The van der Waals surface area contributed by atoms with Crippen molar-refractivity contribution in [3.63, 3.8) is 0 Å². The average Bonchev–Trinajstić information content (AvgIpc) is 2.85. The third-order valence-corrected chi connectivity index (χ3v) is 2.67. The van der Waals surface area contributed by atoms with Gasteiger partial charge in [0.2, 0.25) is 0 Å². The van der Waals surface area contributed by atoms with Crippen molar-refractivity contribution < 1.29 is 0 Å². The predicted octanol–water partition coefficient (Wildman–Crippen LogP) is 3.33. The zero-order valence-corrected chi connectivity index (χ0v) is 10.3. The van der Waals surface area contributed by atoms with Gasteiger partial charge in [0.05, 0.1) is 5.70 Å². The molecule has 2 rings (SSSR count). The van der Waals surface area contributed by atoms with Crippen molar-refractivity contribution in [2.24, 2.45) is 0 Å². The first-order valence-electron chi connectivity index (χ1n) is 5.36. The molecule has 1 aliphatic heterocycles. The molecule has 1 aromatic carbocycles. The molecule has 2 N–H and O–H groups in total. The lowest BCUT2D eigenvalue weighted by atomic mass is 10.1. The van der Waals surface area contributed by atoms with E-state index in [9.17, 15) is 0 Å². The van der Waals surface area contributed by atoms with Crippen LogP contribution in [0.1, 0.15) is 31.9 Å². The van der Waals surface area contributed by atoms with E-state index in [2.05, 4.69) is 46.9 Å². The quantitative estimate of drug-likeness (QED) is 0.751. The summed E-state index contributed by atoms with van der Waals surface area (Å²) in [7, 11) is 0. The van der Waals surface area contributed by atoms with Crippen molar-refractivity contribution in [3.05, 3.63) is 40.8 Å². The Kier molecular flexibility index (Phi) is 5.29. The Morgan fingerprint density at radius 2 is 1.80 bits per heavy atom. The summed E-state index contributed by atoms with van der Waals surface area (Å²) >= 11 is 1.56. The maximum absolute atomic E-state index is 3.08. The molecule has 0 saturated heterocycles. The van der Waals surface area contributed by atoms with Crippen LogP contribution in [0.4, 0.5) is 0 Å². The van der Waals surface area contributed by atoms with E-state index in [4.69, 9.17) is 0 Å². The Balaban J connectivity index is 0.000000531. The van der Waals surface area contributed by atoms with Gasteiger partial charge in [0.15, 0.2) is 0 Å². The molecule has 0 saturated carbocycles. The second-order valence-corrected chi connectivity index (χ2v) is 3.60. The highest BCUT2D eigenvalue weighted by Gasteiger charge is 2.05. The average molecular weight is 222 g/mol. The molecule has 0 radical (unpaired) electrons. The second-order valence-electron chi connectivity index (χ2n) is 2.93. The highest BCUT2D eigenvalue weighted by atomic mass is 32.2. The van der Waals surface area contributed by atoms with Crippen LogP contribution < -0.4 is 10.3 Å². The summed E-state index contributed by atoms with van der Waals surface area (Å²) in [5.41, 5.74) is 6.84. The first kappa shape index (κ1) is 12.1. The fraction of sp³-hybridized carbons (Fsp3) is 0.333. The molecule has 1 aliphatic rings. The number of hydrogen-bond donors (Lipinski definition) is 2. The Hall–Kier alpha value is -0.930. The summed E-state index contributed by atoms with van der Waals surface area (Å²) in [6.45, 7) is 6.17. The molecule has 3 heteroatoms. The van der Waals surface area contributed by atoms with Gasteiger partial charge in [0.25, 0.3) is 0 Å². The molecule has 0 aliphatic carbocycles. The molecule has 1 aromatic rings. The molecule has 0 bridgehead atoms. The number of rotatable bonds is 2. The molecule has 0 aromatic heterocycles. The molecule has 0 amide bonds. The number of nitrogens with one attached hydrogen (secondary N) is 2. The maximum Gasteiger partial charge on any atom is 0.0645 e. The van der Waals surface area contributed by atoms with Gasteiger partial charge in [-0.3, -0.25) is 0 Å². The Labute approximate surface area is 96.3 Å². The molecule has 1 heterocycles. The van der Waals surface area contributed by atoms with E-state index in [1.807, 2.05) is 13.8 Å². The van der Waals surface area contributed by atoms with Gasteiger partial charge in [-0.05, 0) is 29.5 Å². The van der Waals surface area contributed by atoms with Gasteiger partial charge in [-0.15, -0.1) is 0 Å². The predicted molar refractivity (Wildman–Crippen MR) is 69.0 cm³/mol. The van der Waals surface area contributed by atoms with E-state index >= 15 is 0 Å². The number of hydrogen-bond acceptors (Lipinski definition) is 3. The monoisotopic (exact) mass is 222 g/mol.